The lowest BCUT2D eigenvalue weighted by atomic mass is 9.97. The Hall–Kier alpha value is -1.09. The quantitative estimate of drug-likeness (QED) is 0.594. The van der Waals surface area contributed by atoms with Crippen molar-refractivity contribution in [1.82, 2.24) is 4.98 Å². The average Bonchev–Trinajstić information content (AvgIpc) is 2.30. The lowest BCUT2D eigenvalue weighted by Crippen LogP contribution is -2.29. The van der Waals surface area contributed by atoms with Crippen LogP contribution in [0.2, 0.25) is 0 Å². The van der Waals surface area contributed by atoms with Crippen molar-refractivity contribution in [3.8, 4) is 0 Å². The third-order valence-corrected chi connectivity index (χ3v) is 2.60. The summed E-state index contributed by atoms with van der Waals surface area (Å²) >= 11 is 0. The highest BCUT2D eigenvalue weighted by atomic mass is 14.8. The fourth-order valence-corrected chi connectivity index (χ4v) is 1.79. The summed E-state index contributed by atoms with van der Waals surface area (Å²) in [5, 5.41) is 0. The fraction of sp³-hybridized carbons (Fsp3) is 0.444. The van der Waals surface area contributed by atoms with Gasteiger partial charge in [-0.15, -0.1) is 0 Å². The number of fused-ring (bicyclic) bond motifs is 1. The van der Waals surface area contributed by atoms with Gasteiger partial charge in [0, 0.05) is 11.7 Å². The predicted octanol–water partition coefficient (Wildman–Crippen LogP) is 0.784. The van der Waals surface area contributed by atoms with E-state index in [4.69, 9.17) is 11.5 Å². The van der Waals surface area contributed by atoms with Crippen molar-refractivity contribution in [3.05, 3.63) is 23.5 Å². The third kappa shape index (κ3) is 0.898. The number of aromatic nitrogens is 1. The van der Waals surface area contributed by atoms with E-state index >= 15 is 0 Å². The van der Waals surface area contributed by atoms with E-state index < -0.39 is 0 Å². The lowest BCUT2D eigenvalue weighted by molar-refractivity contribution is 0.491. The standard InChI is InChI=1S/C9H13N3/c1-9(11)3-2-6-7(9)4-12-5-8(6)10/h4-5H,2-3,10-11H2,1H3/t9-/m1/s1. The molecule has 1 aromatic rings. The molecule has 0 aromatic carbocycles. The van der Waals surface area contributed by atoms with Gasteiger partial charge in [0.15, 0.2) is 0 Å². The first-order chi connectivity index (χ1) is 5.61. The molecular weight excluding hydrogens is 150 g/mol. The maximum absolute atomic E-state index is 6.06. The molecule has 12 heavy (non-hydrogen) atoms. The van der Waals surface area contributed by atoms with Crippen molar-refractivity contribution in [2.45, 2.75) is 25.3 Å². The molecule has 1 atom stereocenters. The zero-order chi connectivity index (χ0) is 8.77. The van der Waals surface area contributed by atoms with E-state index in [-0.39, 0.29) is 5.54 Å². The molecule has 0 fully saturated rings. The van der Waals surface area contributed by atoms with E-state index in [0.29, 0.717) is 0 Å². The molecule has 3 nitrogen and oxygen atoms in total. The Bertz CT molecular complexity index is 318. The summed E-state index contributed by atoms with van der Waals surface area (Å²) in [5.74, 6) is 0. The first kappa shape index (κ1) is 7.55. The minimum absolute atomic E-state index is 0.224. The lowest BCUT2D eigenvalue weighted by Gasteiger charge is -2.18. The number of nitrogen functional groups attached to an aromatic ring is 1. The van der Waals surface area contributed by atoms with E-state index in [0.717, 1.165) is 24.1 Å². The minimum Gasteiger partial charge on any atom is -0.397 e. The molecular formula is C9H13N3. The highest BCUT2D eigenvalue weighted by molar-refractivity contribution is 5.53. The largest absolute Gasteiger partial charge is 0.397 e. The predicted molar refractivity (Wildman–Crippen MR) is 48.5 cm³/mol. The number of anilines is 1. The highest BCUT2D eigenvalue weighted by Gasteiger charge is 2.31. The summed E-state index contributed by atoms with van der Waals surface area (Å²) < 4.78 is 0. The van der Waals surface area contributed by atoms with E-state index in [1.54, 1.807) is 6.20 Å². The summed E-state index contributed by atoms with van der Waals surface area (Å²) in [6.45, 7) is 2.03. The Kier molecular flexibility index (Phi) is 1.38. The number of nitrogens with zero attached hydrogens (tertiary/aromatic N) is 1. The average molecular weight is 163 g/mol. The monoisotopic (exact) mass is 163 g/mol. The van der Waals surface area contributed by atoms with Crippen LogP contribution in [-0.2, 0) is 12.0 Å². The van der Waals surface area contributed by atoms with Gasteiger partial charge in [-0.1, -0.05) is 0 Å². The normalized spacial score (nSPS) is 27.2. The van der Waals surface area contributed by atoms with Crippen LogP contribution in [-0.4, -0.2) is 4.98 Å². The van der Waals surface area contributed by atoms with Crippen molar-refractivity contribution in [1.29, 1.82) is 0 Å². The van der Waals surface area contributed by atoms with Gasteiger partial charge in [-0.05, 0) is 30.9 Å². The number of pyridine rings is 1. The Morgan fingerprint density at radius 1 is 1.50 bits per heavy atom. The summed E-state index contributed by atoms with van der Waals surface area (Å²) in [6, 6.07) is 0. The molecule has 1 aliphatic rings. The molecule has 1 aliphatic carbocycles. The van der Waals surface area contributed by atoms with Crippen molar-refractivity contribution in [2.75, 3.05) is 5.73 Å². The van der Waals surface area contributed by atoms with E-state index in [9.17, 15) is 0 Å². The molecule has 1 aromatic heterocycles. The Morgan fingerprint density at radius 3 is 2.92 bits per heavy atom. The number of hydrogen-bond acceptors (Lipinski definition) is 3. The third-order valence-electron chi connectivity index (χ3n) is 2.60. The summed E-state index contributed by atoms with van der Waals surface area (Å²) in [4.78, 5) is 4.05. The van der Waals surface area contributed by atoms with Crippen LogP contribution in [0.3, 0.4) is 0 Å². The topological polar surface area (TPSA) is 64.9 Å². The van der Waals surface area contributed by atoms with E-state index in [2.05, 4.69) is 4.98 Å². The van der Waals surface area contributed by atoms with Gasteiger partial charge >= 0.3 is 0 Å². The summed E-state index contributed by atoms with van der Waals surface area (Å²) in [7, 11) is 0. The molecule has 4 N–H and O–H groups in total. The number of rotatable bonds is 0. The van der Waals surface area contributed by atoms with Crippen LogP contribution in [0.25, 0.3) is 0 Å². The van der Waals surface area contributed by atoms with Gasteiger partial charge in [0.2, 0.25) is 0 Å². The second-order valence-electron chi connectivity index (χ2n) is 3.67. The number of nitrogens with two attached hydrogens (primary N) is 2. The summed E-state index contributed by atoms with van der Waals surface area (Å²) in [5.41, 5.74) is 14.7. The van der Waals surface area contributed by atoms with Crippen molar-refractivity contribution in [2.24, 2.45) is 5.73 Å². The van der Waals surface area contributed by atoms with Crippen LogP contribution in [0.5, 0.6) is 0 Å². The van der Waals surface area contributed by atoms with Gasteiger partial charge in [-0.2, -0.15) is 0 Å². The highest BCUT2D eigenvalue weighted by Crippen LogP contribution is 2.36. The molecule has 64 valence electrons. The molecule has 0 bridgehead atoms. The maximum atomic E-state index is 6.06. The molecule has 0 aliphatic heterocycles. The van der Waals surface area contributed by atoms with Crippen LogP contribution in [0.4, 0.5) is 5.69 Å². The van der Waals surface area contributed by atoms with Gasteiger partial charge < -0.3 is 11.5 Å². The van der Waals surface area contributed by atoms with Gasteiger partial charge in [-0.3, -0.25) is 4.98 Å². The van der Waals surface area contributed by atoms with Crippen LogP contribution in [0, 0.1) is 0 Å². The Balaban J connectivity index is 2.61. The van der Waals surface area contributed by atoms with Crippen LogP contribution in [0.15, 0.2) is 12.4 Å². The molecule has 0 radical (unpaired) electrons. The zero-order valence-corrected chi connectivity index (χ0v) is 7.17. The molecule has 0 spiro atoms. The van der Waals surface area contributed by atoms with Gasteiger partial charge in [0.1, 0.15) is 0 Å². The fourth-order valence-electron chi connectivity index (χ4n) is 1.79. The zero-order valence-electron chi connectivity index (χ0n) is 7.17. The first-order valence-corrected chi connectivity index (χ1v) is 4.13. The molecule has 3 heteroatoms. The van der Waals surface area contributed by atoms with Gasteiger partial charge in [-0.25, -0.2) is 0 Å². The summed E-state index contributed by atoms with van der Waals surface area (Å²) in [6.07, 6.45) is 5.48. The molecule has 0 saturated heterocycles. The Morgan fingerprint density at radius 2 is 2.25 bits per heavy atom. The van der Waals surface area contributed by atoms with Crippen LogP contribution < -0.4 is 11.5 Å². The van der Waals surface area contributed by atoms with Gasteiger partial charge in [0.25, 0.3) is 0 Å². The second-order valence-corrected chi connectivity index (χ2v) is 3.67. The molecule has 1 heterocycles. The minimum atomic E-state index is -0.224. The van der Waals surface area contributed by atoms with Crippen molar-refractivity contribution in [3.63, 3.8) is 0 Å². The van der Waals surface area contributed by atoms with E-state index in [1.807, 2.05) is 13.1 Å². The number of hydrogen-bond donors (Lipinski definition) is 2. The molecule has 0 unspecified atom stereocenters. The molecule has 2 rings (SSSR count). The van der Waals surface area contributed by atoms with Crippen molar-refractivity contribution < 1.29 is 0 Å². The van der Waals surface area contributed by atoms with E-state index in [1.165, 1.54) is 5.56 Å². The molecule has 0 amide bonds. The van der Waals surface area contributed by atoms with Crippen LogP contribution >= 0.6 is 0 Å². The second kappa shape index (κ2) is 2.20. The van der Waals surface area contributed by atoms with Crippen molar-refractivity contribution >= 4 is 5.69 Å². The SMILES string of the molecule is C[C@@]1(N)CCc2c(N)cncc21. The maximum Gasteiger partial charge on any atom is 0.0536 e. The molecule has 0 saturated carbocycles. The smallest absolute Gasteiger partial charge is 0.0536 e. The van der Waals surface area contributed by atoms with Gasteiger partial charge in [0.05, 0.1) is 11.9 Å². The Labute approximate surface area is 71.8 Å². The van der Waals surface area contributed by atoms with Crippen LogP contribution in [0.1, 0.15) is 24.5 Å². The first-order valence-electron chi connectivity index (χ1n) is 4.13.